The molecule has 0 atom stereocenters. The lowest BCUT2D eigenvalue weighted by atomic mass is 10.1. The van der Waals surface area contributed by atoms with Gasteiger partial charge in [-0.25, -0.2) is 19.6 Å². The van der Waals surface area contributed by atoms with Crippen LogP contribution in [0.3, 0.4) is 0 Å². The Morgan fingerprint density at radius 3 is 2.54 bits per heavy atom. The van der Waals surface area contributed by atoms with Crippen molar-refractivity contribution in [3.8, 4) is 0 Å². The second kappa shape index (κ2) is 5.42. The first-order chi connectivity index (χ1) is 11.6. The molecular weight excluding hydrogens is 302 g/mol. The molecule has 2 aromatic carbocycles. The van der Waals surface area contributed by atoms with Crippen LogP contribution in [-0.2, 0) is 0 Å². The number of carbonyl (C=O) groups excluding carboxylic acids is 1. The van der Waals surface area contributed by atoms with Crippen LogP contribution < -0.4 is 5.43 Å². The van der Waals surface area contributed by atoms with Gasteiger partial charge in [0.05, 0.1) is 33.5 Å². The monoisotopic (exact) mass is 317 g/mol. The third-order valence-corrected chi connectivity index (χ3v) is 4.01. The molecule has 0 radical (unpaired) electrons. The number of para-hydroxylation sites is 2. The standard InChI is InChI=1S/C18H15N5O/c1-11-12(2)21-16-9-13(7-8-14(16)20-11)18(24)22-23-10-19-15-5-3-4-6-17(15)23/h3-10H,1-2H3,(H,22,24). The third kappa shape index (κ3) is 2.38. The molecule has 0 saturated carbocycles. The normalized spacial score (nSPS) is 11.1. The molecule has 0 bridgehead atoms. The van der Waals surface area contributed by atoms with Gasteiger partial charge in [0, 0.05) is 5.56 Å². The van der Waals surface area contributed by atoms with Crippen LogP contribution in [0, 0.1) is 13.8 Å². The zero-order valence-electron chi connectivity index (χ0n) is 13.3. The highest BCUT2D eigenvalue weighted by Gasteiger charge is 2.10. The summed E-state index contributed by atoms with van der Waals surface area (Å²) in [6.07, 6.45) is 1.59. The highest BCUT2D eigenvalue weighted by Crippen LogP contribution is 2.15. The van der Waals surface area contributed by atoms with Crippen molar-refractivity contribution in [1.29, 1.82) is 0 Å². The van der Waals surface area contributed by atoms with Gasteiger partial charge in [-0.2, -0.15) is 0 Å². The van der Waals surface area contributed by atoms with Gasteiger partial charge in [-0.1, -0.05) is 12.1 Å². The molecule has 0 aliphatic rings. The number of aromatic nitrogens is 4. The van der Waals surface area contributed by atoms with E-state index in [0.717, 1.165) is 27.9 Å². The van der Waals surface area contributed by atoms with E-state index in [-0.39, 0.29) is 5.91 Å². The molecule has 0 spiro atoms. The van der Waals surface area contributed by atoms with Crippen LogP contribution in [0.25, 0.3) is 22.1 Å². The Hall–Kier alpha value is -3.28. The van der Waals surface area contributed by atoms with Crippen molar-refractivity contribution in [3.05, 3.63) is 65.7 Å². The second-order valence-corrected chi connectivity index (χ2v) is 5.64. The van der Waals surface area contributed by atoms with Gasteiger partial charge in [0.1, 0.15) is 6.33 Å². The van der Waals surface area contributed by atoms with Crippen LogP contribution in [0.15, 0.2) is 48.8 Å². The summed E-state index contributed by atoms with van der Waals surface area (Å²) in [7, 11) is 0. The molecule has 118 valence electrons. The molecule has 1 amide bonds. The number of carbonyl (C=O) groups is 1. The van der Waals surface area contributed by atoms with Gasteiger partial charge in [0.2, 0.25) is 0 Å². The van der Waals surface area contributed by atoms with Crippen molar-refractivity contribution in [2.24, 2.45) is 0 Å². The maximum atomic E-state index is 12.5. The van der Waals surface area contributed by atoms with Gasteiger partial charge in [-0.15, -0.1) is 0 Å². The number of nitrogens with zero attached hydrogens (tertiary/aromatic N) is 4. The minimum Gasteiger partial charge on any atom is -0.267 e. The summed E-state index contributed by atoms with van der Waals surface area (Å²) in [5.74, 6) is -0.222. The SMILES string of the molecule is Cc1nc2ccc(C(=O)Nn3cnc4ccccc43)cc2nc1C. The smallest absolute Gasteiger partial charge is 0.267 e. The Morgan fingerprint density at radius 2 is 1.71 bits per heavy atom. The minimum absolute atomic E-state index is 0.222. The number of amides is 1. The molecule has 0 aliphatic carbocycles. The van der Waals surface area contributed by atoms with Gasteiger partial charge in [-0.3, -0.25) is 10.2 Å². The molecule has 0 saturated heterocycles. The number of hydrogen-bond donors (Lipinski definition) is 1. The highest BCUT2D eigenvalue weighted by atomic mass is 16.2. The Kier molecular flexibility index (Phi) is 3.23. The van der Waals surface area contributed by atoms with E-state index in [2.05, 4.69) is 20.4 Å². The quantitative estimate of drug-likeness (QED) is 0.617. The third-order valence-electron chi connectivity index (χ3n) is 4.01. The minimum atomic E-state index is -0.222. The van der Waals surface area contributed by atoms with E-state index >= 15 is 0 Å². The number of hydrogen-bond acceptors (Lipinski definition) is 4. The lowest BCUT2D eigenvalue weighted by Gasteiger charge is -2.08. The Bertz CT molecular complexity index is 1080. The lowest BCUT2D eigenvalue weighted by molar-refractivity contribution is 0.101. The van der Waals surface area contributed by atoms with Crippen molar-refractivity contribution >= 4 is 28.0 Å². The topological polar surface area (TPSA) is 72.7 Å². The Balaban J connectivity index is 1.69. The lowest BCUT2D eigenvalue weighted by Crippen LogP contribution is -2.22. The number of fused-ring (bicyclic) bond motifs is 2. The van der Waals surface area contributed by atoms with Gasteiger partial charge < -0.3 is 0 Å². The van der Waals surface area contributed by atoms with Crippen LogP contribution in [0.2, 0.25) is 0 Å². The van der Waals surface area contributed by atoms with E-state index in [1.54, 1.807) is 23.1 Å². The summed E-state index contributed by atoms with van der Waals surface area (Å²) < 4.78 is 1.62. The first-order valence-electron chi connectivity index (χ1n) is 7.60. The fourth-order valence-corrected chi connectivity index (χ4v) is 2.59. The maximum Gasteiger partial charge on any atom is 0.270 e. The summed E-state index contributed by atoms with van der Waals surface area (Å²) in [4.78, 5) is 25.8. The summed E-state index contributed by atoms with van der Waals surface area (Å²) in [5.41, 5.74) is 8.28. The molecule has 4 aromatic rings. The predicted molar refractivity (Wildman–Crippen MR) is 92.4 cm³/mol. The molecule has 1 N–H and O–H groups in total. The van der Waals surface area contributed by atoms with E-state index in [0.29, 0.717) is 11.1 Å². The number of benzene rings is 2. The van der Waals surface area contributed by atoms with Crippen LogP contribution in [0.4, 0.5) is 0 Å². The van der Waals surface area contributed by atoms with Crippen LogP contribution in [-0.4, -0.2) is 25.5 Å². The van der Waals surface area contributed by atoms with Gasteiger partial charge in [-0.05, 0) is 44.2 Å². The summed E-state index contributed by atoms with van der Waals surface area (Å²) in [6.45, 7) is 3.83. The first kappa shape index (κ1) is 14.3. The maximum absolute atomic E-state index is 12.5. The van der Waals surface area contributed by atoms with Gasteiger partial charge in [0.15, 0.2) is 0 Å². The summed E-state index contributed by atoms with van der Waals surface area (Å²) >= 11 is 0. The van der Waals surface area contributed by atoms with Crippen LogP contribution in [0.5, 0.6) is 0 Å². The average molecular weight is 317 g/mol. The molecule has 24 heavy (non-hydrogen) atoms. The molecule has 0 fully saturated rings. The van der Waals surface area contributed by atoms with Crippen LogP contribution in [0.1, 0.15) is 21.7 Å². The van der Waals surface area contributed by atoms with Gasteiger partial charge >= 0.3 is 0 Å². The molecule has 6 nitrogen and oxygen atoms in total. The molecule has 2 heterocycles. The number of aryl methyl sites for hydroxylation is 2. The fraction of sp³-hybridized carbons (Fsp3) is 0.111. The van der Waals surface area contributed by atoms with Crippen molar-refractivity contribution in [2.45, 2.75) is 13.8 Å². The van der Waals surface area contributed by atoms with E-state index in [4.69, 9.17) is 0 Å². The number of imidazole rings is 1. The summed E-state index contributed by atoms with van der Waals surface area (Å²) in [5, 5.41) is 0. The number of rotatable bonds is 2. The highest BCUT2D eigenvalue weighted by molar-refractivity contribution is 6.02. The molecule has 0 aliphatic heterocycles. The van der Waals surface area contributed by atoms with Gasteiger partial charge in [0.25, 0.3) is 5.91 Å². The van der Waals surface area contributed by atoms with E-state index in [1.165, 1.54) is 0 Å². The van der Waals surface area contributed by atoms with E-state index in [1.807, 2.05) is 44.2 Å². The Labute approximate surface area is 138 Å². The zero-order chi connectivity index (χ0) is 16.7. The number of nitrogens with one attached hydrogen (secondary N) is 1. The van der Waals surface area contributed by atoms with E-state index in [9.17, 15) is 4.79 Å². The average Bonchev–Trinajstić information content (AvgIpc) is 2.99. The van der Waals surface area contributed by atoms with Crippen molar-refractivity contribution in [1.82, 2.24) is 19.6 Å². The largest absolute Gasteiger partial charge is 0.270 e. The van der Waals surface area contributed by atoms with Crippen LogP contribution >= 0.6 is 0 Å². The second-order valence-electron chi connectivity index (χ2n) is 5.64. The summed E-state index contributed by atoms with van der Waals surface area (Å²) in [6, 6.07) is 12.9. The van der Waals surface area contributed by atoms with Crippen molar-refractivity contribution in [3.63, 3.8) is 0 Å². The van der Waals surface area contributed by atoms with Crippen molar-refractivity contribution < 1.29 is 4.79 Å². The van der Waals surface area contributed by atoms with E-state index < -0.39 is 0 Å². The fourth-order valence-electron chi connectivity index (χ4n) is 2.59. The molecule has 4 rings (SSSR count). The van der Waals surface area contributed by atoms with Crippen molar-refractivity contribution in [2.75, 3.05) is 5.43 Å². The predicted octanol–water partition coefficient (Wildman–Crippen LogP) is 2.98. The first-order valence-corrected chi connectivity index (χ1v) is 7.60. The Morgan fingerprint density at radius 1 is 0.958 bits per heavy atom. The molecule has 0 unspecified atom stereocenters. The molecular formula is C18H15N5O. The molecule has 6 heteroatoms. The zero-order valence-corrected chi connectivity index (χ0v) is 13.3. The molecule has 2 aromatic heterocycles.